The summed E-state index contributed by atoms with van der Waals surface area (Å²) < 4.78 is 0. The van der Waals surface area contributed by atoms with E-state index in [0.717, 1.165) is 25.8 Å². The molecule has 0 fully saturated rings. The maximum absolute atomic E-state index is 11.4. The summed E-state index contributed by atoms with van der Waals surface area (Å²) in [6.07, 6.45) is 9.57. The molecular weight excluding hydrogens is 262 g/mol. The molecule has 0 spiro atoms. The first-order valence-electron chi connectivity index (χ1n) is 8.73. The SMILES string of the molecule is CC(C)CC(=O)NCCCCCCCCCC(=O)C(C)C. The quantitative estimate of drug-likeness (QED) is 0.509. The molecule has 0 saturated heterocycles. The number of rotatable bonds is 13. The van der Waals surface area contributed by atoms with Crippen molar-refractivity contribution in [3.8, 4) is 0 Å². The Morgan fingerprint density at radius 2 is 1.33 bits per heavy atom. The number of nitrogens with one attached hydrogen (secondary N) is 1. The van der Waals surface area contributed by atoms with Gasteiger partial charge < -0.3 is 5.32 Å². The highest BCUT2D eigenvalue weighted by molar-refractivity contribution is 5.80. The summed E-state index contributed by atoms with van der Waals surface area (Å²) in [5.41, 5.74) is 0. The van der Waals surface area contributed by atoms with Crippen LogP contribution in [0.5, 0.6) is 0 Å². The molecule has 0 unspecified atom stereocenters. The van der Waals surface area contributed by atoms with Crippen LogP contribution in [0.15, 0.2) is 0 Å². The van der Waals surface area contributed by atoms with Crippen molar-refractivity contribution in [1.29, 1.82) is 0 Å². The van der Waals surface area contributed by atoms with Gasteiger partial charge >= 0.3 is 0 Å². The van der Waals surface area contributed by atoms with E-state index in [1.54, 1.807) is 0 Å². The van der Waals surface area contributed by atoms with Gasteiger partial charge in [-0.1, -0.05) is 59.8 Å². The van der Waals surface area contributed by atoms with Crippen LogP contribution >= 0.6 is 0 Å². The zero-order valence-electron chi connectivity index (χ0n) is 14.5. The Morgan fingerprint density at radius 3 is 1.86 bits per heavy atom. The van der Waals surface area contributed by atoms with Crippen LogP contribution in [-0.4, -0.2) is 18.2 Å². The molecule has 0 rings (SSSR count). The lowest BCUT2D eigenvalue weighted by Crippen LogP contribution is -2.25. The minimum Gasteiger partial charge on any atom is -0.356 e. The first kappa shape index (κ1) is 20.1. The van der Waals surface area contributed by atoms with Crippen molar-refractivity contribution in [3.05, 3.63) is 0 Å². The summed E-state index contributed by atoms with van der Waals surface area (Å²) in [6, 6.07) is 0. The number of amides is 1. The Bertz CT molecular complexity index is 285. The molecule has 0 aromatic carbocycles. The average Bonchev–Trinajstić information content (AvgIpc) is 2.39. The maximum Gasteiger partial charge on any atom is 0.220 e. The molecular formula is C18H35NO2. The first-order valence-corrected chi connectivity index (χ1v) is 8.73. The first-order chi connectivity index (χ1) is 9.93. The molecule has 3 heteroatoms. The fraction of sp³-hybridized carbons (Fsp3) is 0.889. The second kappa shape index (κ2) is 12.8. The van der Waals surface area contributed by atoms with Gasteiger partial charge in [-0.15, -0.1) is 0 Å². The monoisotopic (exact) mass is 297 g/mol. The van der Waals surface area contributed by atoms with Crippen molar-refractivity contribution >= 4 is 11.7 Å². The second-order valence-electron chi connectivity index (χ2n) is 6.79. The van der Waals surface area contributed by atoms with Gasteiger partial charge in [0.15, 0.2) is 0 Å². The van der Waals surface area contributed by atoms with Crippen molar-refractivity contribution in [2.75, 3.05) is 6.54 Å². The van der Waals surface area contributed by atoms with E-state index in [-0.39, 0.29) is 11.8 Å². The normalized spacial score (nSPS) is 11.1. The smallest absolute Gasteiger partial charge is 0.220 e. The molecule has 1 amide bonds. The summed E-state index contributed by atoms with van der Waals surface area (Å²) in [4.78, 5) is 22.9. The topological polar surface area (TPSA) is 46.2 Å². The lowest BCUT2D eigenvalue weighted by molar-refractivity contribution is -0.122. The van der Waals surface area contributed by atoms with Crippen molar-refractivity contribution in [2.45, 2.75) is 85.5 Å². The lowest BCUT2D eigenvalue weighted by Gasteiger charge is -2.07. The van der Waals surface area contributed by atoms with Gasteiger partial charge in [0, 0.05) is 25.3 Å². The molecule has 1 N–H and O–H groups in total. The molecule has 0 atom stereocenters. The number of hydrogen-bond acceptors (Lipinski definition) is 2. The minimum absolute atomic E-state index is 0.180. The predicted molar refractivity (Wildman–Crippen MR) is 89.2 cm³/mol. The molecule has 0 aliphatic rings. The van der Waals surface area contributed by atoms with Crippen LogP contribution in [0.3, 0.4) is 0 Å². The highest BCUT2D eigenvalue weighted by atomic mass is 16.1. The van der Waals surface area contributed by atoms with Crippen LogP contribution < -0.4 is 5.32 Å². The molecule has 21 heavy (non-hydrogen) atoms. The molecule has 0 aromatic heterocycles. The van der Waals surface area contributed by atoms with Gasteiger partial charge in [0.2, 0.25) is 5.91 Å². The number of unbranched alkanes of at least 4 members (excludes halogenated alkanes) is 6. The van der Waals surface area contributed by atoms with Gasteiger partial charge in [-0.3, -0.25) is 9.59 Å². The standard InChI is InChI=1S/C18H35NO2/c1-15(2)14-18(21)19-13-11-9-7-5-6-8-10-12-17(20)16(3)4/h15-16H,5-14H2,1-4H3,(H,19,21). The fourth-order valence-electron chi connectivity index (χ4n) is 2.27. The number of carbonyl (C=O) groups excluding carboxylic acids is 2. The summed E-state index contributed by atoms with van der Waals surface area (Å²) in [7, 11) is 0. The molecule has 0 radical (unpaired) electrons. The average molecular weight is 297 g/mol. The molecule has 3 nitrogen and oxygen atoms in total. The van der Waals surface area contributed by atoms with Crippen LogP contribution in [0.25, 0.3) is 0 Å². The predicted octanol–water partition coefficient (Wildman–Crippen LogP) is 4.49. The zero-order chi connectivity index (χ0) is 16.1. The van der Waals surface area contributed by atoms with Gasteiger partial charge in [0.25, 0.3) is 0 Å². The second-order valence-corrected chi connectivity index (χ2v) is 6.79. The Balaban J connectivity index is 3.23. The lowest BCUT2D eigenvalue weighted by atomic mass is 10.0. The van der Waals surface area contributed by atoms with Crippen molar-refractivity contribution < 1.29 is 9.59 Å². The fourth-order valence-corrected chi connectivity index (χ4v) is 2.27. The molecule has 0 saturated carbocycles. The van der Waals surface area contributed by atoms with E-state index in [1.165, 1.54) is 32.1 Å². The Labute approximate surface area is 131 Å². The molecule has 0 heterocycles. The van der Waals surface area contributed by atoms with Crippen LogP contribution in [-0.2, 0) is 9.59 Å². The Kier molecular flexibility index (Phi) is 12.3. The third-order valence-electron chi connectivity index (χ3n) is 3.66. The number of hydrogen-bond donors (Lipinski definition) is 1. The van der Waals surface area contributed by atoms with Gasteiger partial charge in [0.05, 0.1) is 0 Å². The minimum atomic E-state index is 0.180. The third-order valence-corrected chi connectivity index (χ3v) is 3.66. The van der Waals surface area contributed by atoms with Crippen LogP contribution in [0.4, 0.5) is 0 Å². The summed E-state index contributed by atoms with van der Waals surface area (Å²) in [5, 5.41) is 2.97. The van der Waals surface area contributed by atoms with Gasteiger partial charge in [0.1, 0.15) is 5.78 Å². The Hall–Kier alpha value is -0.860. The number of Topliss-reactive ketones (excluding diaryl/α,β-unsaturated/α-hetero) is 1. The summed E-state index contributed by atoms with van der Waals surface area (Å²) in [5.74, 6) is 1.20. The van der Waals surface area contributed by atoms with E-state index in [2.05, 4.69) is 19.2 Å². The molecule has 0 bridgehead atoms. The highest BCUT2D eigenvalue weighted by Gasteiger charge is 2.06. The highest BCUT2D eigenvalue weighted by Crippen LogP contribution is 2.10. The van der Waals surface area contributed by atoms with E-state index >= 15 is 0 Å². The molecule has 124 valence electrons. The van der Waals surface area contributed by atoms with Gasteiger partial charge in [-0.2, -0.15) is 0 Å². The van der Waals surface area contributed by atoms with E-state index in [9.17, 15) is 9.59 Å². The Morgan fingerprint density at radius 1 is 0.810 bits per heavy atom. The maximum atomic E-state index is 11.4. The number of ketones is 1. The van der Waals surface area contributed by atoms with Gasteiger partial charge in [-0.25, -0.2) is 0 Å². The van der Waals surface area contributed by atoms with Crippen LogP contribution in [0, 0.1) is 11.8 Å². The van der Waals surface area contributed by atoms with Crippen molar-refractivity contribution in [1.82, 2.24) is 5.32 Å². The number of carbonyl (C=O) groups is 2. The van der Waals surface area contributed by atoms with Crippen molar-refractivity contribution in [3.63, 3.8) is 0 Å². The van der Waals surface area contributed by atoms with E-state index in [4.69, 9.17) is 0 Å². The van der Waals surface area contributed by atoms with Crippen LogP contribution in [0.2, 0.25) is 0 Å². The molecule has 0 aromatic rings. The van der Waals surface area contributed by atoms with Crippen LogP contribution in [0.1, 0.15) is 85.5 Å². The summed E-state index contributed by atoms with van der Waals surface area (Å²) in [6.45, 7) is 8.89. The summed E-state index contributed by atoms with van der Waals surface area (Å²) >= 11 is 0. The van der Waals surface area contributed by atoms with E-state index < -0.39 is 0 Å². The van der Waals surface area contributed by atoms with E-state index in [0.29, 0.717) is 18.1 Å². The molecule has 0 aliphatic carbocycles. The largest absolute Gasteiger partial charge is 0.356 e. The van der Waals surface area contributed by atoms with E-state index in [1.807, 2.05) is 13.8 Å². The molecule has 0 aliphatic heterocycles. The zero-order valence-corrected chi connectivity index (χ0v) is 14.5. The van der Waals surface area contributed by atoms with Gasteiger partial charge in [-0.05, 0) is 18.8 Å². The third kappa shape index (κ3) is 13.9. The van der Waals surface area contributed by atoms with Crippen molar-refractivity contribution in [2.24, 2.45) is 11.8 Å².